The molecule has 9 heavy (non-hydrogen) atoms. The molecule has 0 rings (SSSR count). The van der Waals surface area contributed by atoms with Gasteiger partial charge in [0.25, 0.3) is 0 Å². The molecule has 0 aliphatic heterocycles. The molecule has 0 radical (unpaired) electrons. The Bertz CT molecular complexity index is 142. The summed E-state index contributed by atoms with van der Waals surface area (Å²) >= 11 is 0. The smallest absolute Gasteiger partial charge is 0.412 e. The van der Waals surface area contributed by atoms with Crippen LogP contribution in [0, 0.1) is 11.1 Å². The zero-order valence-corrected chi connectivity index (χ0v) is 6.01. The fourth-order valence-electron chi connectivity index (χ4n) is 0.156. The largest absolute Gasteiger partial charge is 0.430 e. The van der Waals surface area contributed by atoms with Crippen molar-refractivity contribution in [3.63, 3.8) is 0 Å². The molecule has 0 unspecified atom stereocenters. The zero-order chi connectivity index (χ0) is 6.62. The molecule has 0 amide bonds. The van der Waals surface area contributed by atoms with Crippen molar-refractivity contribution in [1.29, 1.82) is 5.26 Å². The quantitative estimate of drug-likeness (QED) is 0.527. The summed E-state index contributed by atoms with van der Waals surface area (Å²) in [6.45, 7) is 0. The summed E-state index contributed by atoms with van der Waals surface area (Å²) in [5.74, 6) is 1.39. The second-order valence-corrected chi connectivity index (χ2v) is 2.89. The summed E-state index contributed by atoms with van der Waals surface area (Å²) in [4.78, 5) is 0. The van der Waals surface area contributed by atoms with E-state index in [0.717, 1.165) is 14.2 Å². The van der Waals surface area contributed by atoms with E-state index in [2.05, 4.69) is 9.05 Å². The van der Waals surface area contributed by atoms with Crippen LogP contribution in [-0.4, -0.2) is 19.7 Å². The number of rotatable bonds is 2. The summed E-state index contributed by atoms with van der Waals surface area (Å²) in [7, 11) is -1.04. The van der Waals surface area contributed by atoms with Crippen LogP contribution in [0.2, 0.25) is 0 Å². The summed E-state index contributed by atoms with van der Waals surface area (Å²) in [5.41, 5.74) is 0. The van der Waals surface area contributed by atoms with Gasteiger partial charge in [-0.2, -0.15) is 5.26 Å². The average Bonchev–Trinajstić information content (AvgIpc) is 1.87. The van der Waals surface area contributed by atoms with E-state index in [0.29, 0.717) is 0 Å². The lowest BCUT2D eigenvalue weighted by Crippen LogP contribution is -1.82. The standard InChI is InChI=1S/C3H6NO3P.H2O/c1-6-8(5,3-4)7-2;/h1-2H3;1H2. The number of hydrogen-bond acceptors (Lipinski definition) is 4. The number of hydrogen-bond donors (Lipinski definition) is 0. The molecule has 2 N–H and O–H groups in total. The van der Waals surface area contributed by atoms with Gasteiger partial charge in [-0.3, -0.25) is 0 Å². The number of nitrogens with zero attached hydrogens (tertiary/aromatic N) is 1. The van der Waals surface area contributed by atoms with Gasteiger partial charge in [0.1, 0.15) is 0 Å². The third kappa shape index (κ3) is 3.22. The predicted octanol–water partition coefficient (Wildman–Crippen LogP) is 0.129. The maximum absolute atomic E-state index is 10.5. The van der Waals surface area contributed by atoms with Crippen LogP contribution in [0.25, 0.3) is 0 Å². The first-order valence-corrected chi connectivity index (χ1v) is 3.35. The lowest BCUT2D eigenvalue weighted by molar-refractivity contribution is 0.288. The topological polar surface area (TPSA) is 90.8 Å². The van der Waals surface area contributed by atoms with Gasteiger partial charge in [0.2, 0.25) is 0 Å². The van der Waals surface area contributed by atoms with E-state index in [1.54, 1.807) is 0 Å². The Morgan fingerprint density at radius 2 is 1.78 bits per heavy atom. The zero-order valence-electron chi connectivity index (χ0n) is 5.12. The third-order valence-corrected chi connectivity index (χ3v) is 1.81. The highest BCUT2D eigenvalue weighted by Crippen LogP contribution is 2.44. The minimum Gasteiger partial charge on any atom is -0.412 e. The molecule has 54 valence electrons. The molecule has 0 aliphatic rings. The maximum atomic E-state index is 10.5. The highest BCUT2D eigenvalue weighted by atomic mass is 31.2. The van der Waals surface area contributed by atoms with Gasteiger partial charge in [-0.05, 0) is 0 Å². The summed E-state index contributed by atoms with van der Waals surface area (Å²) < 4.78 is 18.9. The van der Waals surface area contributed by atoms with Crippen LogP contribution < -0.4 is 0 Å². The molecule has 0 aromatic heterocycles. The molecule has 0 saturated carbocycles. The van der Waals surface area contributed by atoms with Gasteiger partial charge < -0.3 is 14.5 Å². The van der Waals surface area contributed by atoms with Crippen molar-refractivity contribution in [2.75, 3.05) is 14.2 Å². The molecule has 0 aromatic carbocycles. The maximum Gasteiger partial charge on any atom is 0.430 e. The van der Waals surface area contributed by atoms with Gasteiger partial charge in [-0.25, -0.2) is 4.57 Å². The Balaban J connectivity index is 0. The van der Waals surface area contributed by atoms with Crippen LogP contribution in [0.1, 0.15) is 0 Å². The Morgan fingerprint density at radius 1 is 1.44 bits per heavy atom. The van der Waals surface area contributed by atoms with E-state index in [1.807, 2.05) is 0 Å². The molecule has 0 fully saturated rings. The normalized spacial score (nSPS) is 9.44. The molecular weight excluding hydrogens is 145 g/mol. The molecule has 0 spiro atoms. The monoisotopic (exact) mass is 153 g/mol. The van der Waals surface area contributed by atoms with Crippen LogP contribution in [-0.2, 0) is 13.6 Å². The molecule has 0 aliphatic carbocycles. The van der Waals surface area contributed by atoms with Crippen LogP contribution in [0.3, 0.4) is 0 Å². The van der Waals surface area contributed by atoms with Gasteiger partial charge in [-0.15, -0.1) is 0 Å². The van der Waals surface area contributed by atoms with Gasteiger partial charge in [0.05, 0.1) is 0 Å². The lowest BCUT2D eigenvalue weighted by atomic mass is 11.8. The van der Waals surface area contributed by atoms with E-state index in [4.69, 9.17) is 5.26 Å². The molecule has 0 atom stereocenters. The molecule has 0 aromatic rings. The second-order valence-electron chi connectivity index (χ2n) is 0.963. The van der Waals surface area contributed by atoms with Crippen molar-refractivity contribution in [2.24, 2.45) is 0 Å². The summed E-state index contributed by atoms with van der Waals surface area (Å²) in [5, 5.41) is 8.02. The third-order valence-electron chi connectivity index (χ3n) is 0.603. The van der Waals surface area contributed by atoms with Gasteiger partial charge in [0, 0.05) is 14.2 Å². The fraction of sp³-hybridized carbons (Fsp3) is 0.667. The molecule has 5 nitrogen and oxygen atoms in total. The summed E-state index contributed by atoms with van der Waals surface area (Å²) in [6.07, 6.45) is 0. The molecule has 6 heteroatoms. The van der Waals surface area contributed by atoms with E-state index in [1.165, 1.54) is 5.81 Å². The summed E-state index contributed by atoms with van der Waals surface area (Å²) in [6, 6.07) is 0. The predicted molar refractivity (Wildman–Crippen MR) is 30.9 cm³/mol. The Labute approximate surface area is 53.0 Å². The molecule has 0 saturated heterocycles. The van der Waals surface area contributed by atoms with Crippen LogP contribution in [0.4, 0.5) is 0 Å². The first-order valence-electron chi connectivity index (χ1n) is 1.81. The highest BCUT2D eigenvalue weighted by molar-refractivity contribution is 7.59. The van der Waals surface area contributed by atoms with E-state index in [9.17, 15) is 4.57 Å². The van der Waals surface area contributed by atoms with E-state index in [-0.39, 0.29) is 5.48 Å². The van der Waals surface area contributed by atoms with Crippen molar-refractivity contribution in [1.82, 2.24) is 0 Å². The van der Waals surface area contributed by atoms with E-state index >= 15 is 0 Å². The van der Waals surface area contributed by atoms with Crippen LogP contribution >= 0.6 is 7.60 Å². The van der Waals surface area contributed by atoms with Crippen LogP contribution in [0.15, 0.2) is 0 Å². The first-order chi connectivity index (χ1) is 3.68. The number of nitriles is 1. The Kier molecular flexibility index (Phi) is 5.67. The van der Waals surface area contributed by atoms with Gasteiger partial charge in [-0.1, -0.05) is 0 Å². The van der Waals surface area contributed by atoms with Gasteiger partial charge in [0.15, 0.2) is 5.81 Å². The van der Waals surface area contributed by atoms with Crippen molar-refractivity contribution >= 4 is 7.60 Å². The lowest BCUT2D eigenvalue weighted by Gasteiger charge is -2.00. The van der Waals surface area contributed by atoms with Crippen molar-refractivity contribution < 1.29 is 19.1 Å². The SMILES string of the molecule is COP(=O)(C#N)OC.O. The molecule has 0 bridgehead atoms. The fourth-order valence-corrected chi connectivity index (χ4v) is 0.469. The van der Waals surface area contributed by atoms with Crippen molar-refractivity contribution in [3.05, 3.63) is 0 Å². The van der Waals surface area contributed by atoms with Crippen LogP contribution in [0.5, 0.6) is 0 Å². The van der Waals surface area contributed by atoms with Crippen molar-refractivity contribution in [3.8, 4) is 5.81 Å². The Morgan fingerprint density at radius 3 is 1.78 bits per heavy atom. The first kappa shape index (κ1) is 11.4. The minimum absolute atomic E-state index is 0. The average molecular weight is 153 g/mol. The highest BCUT2D eigenvalue weighted by Gasteiger charge is 2.18. The molecule has 0 heterocycles. The second kappa shape index (κ2) is 4.48. The Hall–Kier alpha value is -0.400. The van der Waals surface area contributed by atoms with Crippen molar-refractivity contribution in [2.45, 2.75) is 0 Å². The van der Waals surface area contributed by atoms with Gasteiger partial charge >= 0.3 is 7.60 Å². The molecular formula is C3H8NO4P. The van der Waals surface area contributed by atoms with E-state index < -0.39 is 7.60 Å². The minimum atomic E-state index is -3.36.